The molecule has 0 saturated carbocycles. The summed E-state index contributed by atoms with van der Waals surface area (Å²) in [7, 11) is -9.62. The molecule has 0 unspecified atom stereocenters. The van der Waals surface area contributed by atoms with Crippen LogP contribution in [0.3, 0.4) is 0 Å². The van der Waals surface area contributed by atoms with Gasteiger partial charge in [0.05, 0.1) is 43.0 Å². The molecule has 0 spiro atoms. The molecule has 5 aromatic carbocycles. The number of aromatic nitrogens is 6. The van der Waals surface area contributed by atoms with Gasteiger partial charge in [0.2, 0.25) is 0 Å². The van der Waals surface area contributed by atoms with Crippen molar-refractivity contribution < 1.29 is 63.4 Å². The summed E-state index contributed by atoms with van der Waals surface area (Å²) in [4.78, 5) is 28.2. The van der Waals surface area contributed by atoms with Crippen LogP contribution in [0.1, 0.15) is 11.1 Å². The summed E-state index contributed by atoms with van der Waals surface area (Å²) >= 11 is 0. The molecule has 23 heteroatoms. The molecule has 12 N–H and O–H groups in total. The molecule has 4 heterocycles. The third-order valence-corrected chi connectivity index (χ3v) is 11.0. The van der Waals surface area contributed by atoms with Crippen molar-refractivity contribution in [3.63, 3.8) is 0 Å². The predicted molar refractivity (Wildman–Crippen MR) is 248 cm³/mol. The normalized spacial score (nSPS) is 11.3. The minimum absolute atomic E-state index is 0. The van der Waals surface area contributed by atoms with Gasteiger partial charge in [-0.05, 0) is 48.3 Å². The maximum Gasteiger partial charge on any atom is 2.00 e. The average Bonchev–Trinajstić information content (AvgIpc) is 4.03. The summed E-state index contributed by atoms with van der Waals surface area (Å²) in [5, 5.41) is 33.8. The Hall–Kier alpha value is -5.60. The summed E-state index contributed by atoms with van der Waals surface area (Å²) in [6, 6.07) is 22.9. The molecule has 20 nitrogen and oxygen atoms in total. The van der Waals surface area contributed by atoms with E-state index in [0.717, 1.165) is 27.6 Å². The molecule has 8 bridgehead atoms. The van der Waals surface area contributed by atoms with Crippen molar-refractivity contribution >= 4 is 64.0 Å². The molecule has 0 saturated heterocycles. The molecule has 7 aromatic rings. The van der Waals surface area contributed by atoms with Crippen LogP contribution in [0.5, 0.6) is 0 Å². The molecule has 67 heavy (non-hydrogen) atoms. The Bertz CT molecular complexity index is 3240. The molecule has 0 aliphatic carbocycles. The van der Waals surface area contributed by atoms with Crippen LogP contribution in [0.25, 0.3) is 89.2 Å². The van der Waals surface area contributed by atoms with Gasteiger partial charge in [-0.2, -0.15) is 0 Å². The van der Waals surface area contributed by atoms with E-state index in [1.807, 2.05) is 50.2 Å². The second kappa shape index (κ2) is 23.9. The van der Waals surface area contributed by atoms with Crippen molar-refractivity contribution in [3.8, 4) is 45.4 Å². The molecule has 1 radical (unpaired) electrons. The Labute approximate surface area is 396 Å². The van der Waals surface area contributed by atoms with E-state index in [4.69, 9.17) is 73.3 Å². The number of aliphatic hydroxyl groups excluding tert-OH is 4. The summed E-state index contributed by atoms with van der Waals surface area (Å²) in [6.45, 7) is 5.80. The summed E-state index contributed by atoms with van der Waals surface area (Å²) < 4.78 is 72.4. The molecule has 359 valence electrons. The topological polar surface area (TPSA) is 378 Å². The minimum Gasteiger partial charge on any atom is -0.744 e. The predicted octanol–water partition coefficient (Wildman–Crippen LogP) is 1.67. The zero-order chi connectivity index (χ0) is 48.3. The zero-order valence-corrected chi connectivity index (χ0v) is 38.7. The quantitative estimate of drug-likeness (QED) is 0.0667. The fraction of sp³-hybridized carbons (Fsp3) is 0.227. The molecule has 2 aromatic heterocycles. The fourth-order valence-corrected chi connectivity index (χ4v) is 7.49. The third kappa shape index (κ3) is 12.9. The van der Waals surface area contributed by atoms with E-state index in [0.29, 0.717) is 81.8 Å². The molecule has 0 atom stereocenters. The smallest absolute Gasteiger partial charge is 0.744 e. The molecular weight excluding hydrogens is 956 g/mol. The number of hydrogen-bond donors (Lipinski definition) is 8. The molecule has 2 aliphatic heterocycles. The molecule has 0 fully saturated rings. The van der Waals surface area contributed by atoms with Gasteiger partial charge in [-0.15, -0.1) is 34.4 Å². The Morgan fingerprint density at radius 2 is 0.985 bits per heavy atom. The zero-order valence-electron chi connectivity index (χ0n) is 36.1. The summed E-state index contributed by atoms with van der Waals surface area (Å²) in [5.41, 5.74) is 24.7. The van der Waals surface area contributed by atoms with E-state index in [-0.39, 0.29) is 60.5 Å². The largest absolute Gasteiger partial charge is 2.00 e. The van der Waals surface area contributed by atoms with Gasteiger partial charge >= 0.3 is 17.1 Å². The van der Waals surface area contributed by atoms with Gasteiger partial charge in [0.25, 0.3) is 0 Å². The standard InChI is InChI=1S/C36H22N6O6S2.4C2H7NO.Cu/c1-17-3-7-24-27(11-17)34-37-30-13-19(26-15-20(49(43,44)45)5-9-22(26)30)14-31-23-10-6-21(50(46,47)48)16-29(23)35(38-31)40-33-25-8-4-18(2)12-28(25)36(42-33)41-32(24)39-34;4*3-1-2-4;/h3-16H,1-2H3,(H2-,37,38,39,40,41,42,43,44,45,46,47,48);4*4H,1-3H2;/q-2;;;;;+2/p-2. The van der Waals surface area contributed by atoms with Crippen LogP contribution in [0.15, 0.2) is 94.7 Å². The third-order valence-electron chi connectivity index (χ3n) is 9.38. The van der Waals surface area contributed by atoms with Crippen molar-refractivity contribution in [2.45, 2.75) is 23.6 Å². The second-order valence-electron chi connectivity index (χ2n) is 14.3. The van der Waals surface area contributed by atoms with Crippen molar-refractivity contribution in [1.29, 1.82) is 0 Å². The van der Waals surface area contributed by atoms with Gasteiger partial charge in [-0.25, -0.2) is 26.8 Å². The first-order valence-corrected chi connectivity index (χ1v) is 22.9. The van der Waals surface area contributed by atoms with E-state index in [2.05, 4.69) is 0 Å². The van der Waals surface area contributed by atoms with E-state index in [1.165, 1.54) is 36.4 Å². The van der Waals surface area contributed by atoms with Crippen LogP contribution < -0.4 is 27.9 Å². The van der Waals surface area contributed by atoms with Gasteiger partial charge in [-0.1, -0.05) is 59.7 Å². The Kier molecular flexibility index (Phi) is 19.3. The first kappa shape index (κ1) is 54.0. The Morgan fingerprint density at radius 1 is 0.522 bits per heavy atom. The molecule has 0 amide bonds. The monoisotopic (exact) mass is 1000 g/mol. The van der Waals surface area contributed by atoms with Gasteiger partial charge in [0.15, 0.2) is 5.82 Å². The number of aryl methyl sites for hydroxylation is 2. The molecular formula is C44H48CuN10O10S2-2. The van der Waals surface area contributed by atoms with Crippen molar-refractivity contribution in [3.05, 3.63) is 96.1 Å². The van der Waals surface area contributed by atoms with Gasteiger partial charge in [0.1, 0.15) is 20.2 Å². The van der Waals surface area contributed by atoms with Crippen LogP contribution in [-0.2, 0) is 37.3 Å². The fourth-order valence-electron chi connectivity index (χ4n) is 6.49. The van der Waals surface area contributed by atoms with Crippen molar-refractivity contribution in [1.82, 2.24) is 29.9 Å². The number of rotatable bonds is 6. The van der Waals surface area contributed by atoms with Crippen LogP contribution in [0, 0.1) is 13.8 Å². The van der Waals surface area contributed by atoms with Gasteiger partial charge < -0.3 is 67.4 Å². The van der Waals surface area contributed by atoms with Crippen molar-refractivity contribution in [2.24, 2.45) is 22.9 Å². The Balaban J connectivity index is 0.000000504. The maximum atomic E-state index is 12.1. The molecule has 9 rings (SSSR count). The van der Waals surface area contributed by atoms with E-state index in [9.17, 15) is 25.9 Å². The average molecular weight is 1000 g/mol. The first-order chi connectivity index (χ1) is 31.5. The van der Waals surface area contributed by atoms with E-state index in [1.54, 1.807) is 12.1 Å². The van der Waals surface area contributed by atoms with Crippen LogP contribution in [-0.4, -0.2) is 124 Å². The maximum absolute atomic E-state index is 12.1. The van der Waals surface area contributed by atoms with Gasteiger partial charge in [0, 0.05) is 70.3 Å². The van der Waals surface area contributed by atoms with E-state index >= 15 is 0 Å². The number of nitrogens with zero attached hydrogens (tertiary/aromatic N) is 6. The SMILES string of the molecule is Cc1ccc2c(c1)-c1nc-2nc2[n-]c(nc3nc(cc4[cH-]c(n1)c1ccc(S(=O)(=O)[O-])cc41)-c1ccc(S(=O)(=O)[O-])cc1-3)c1ccc(C)cc21.NCCO.NCCO.NCCO.NCCO.[Cu+2]. The van der Waals surface area contributed by atoms with E-state index < -0.39 is 30.0 Å². The number of aliphatic hydroxyl groups is 4. The summed E-state index contributed by atoms with van der Waals surface area (Å²) in [5.74, 6) is 0.870. The van der Waals surface area contributed by atoms with Crippen LogP contribution in [0.4, 0.5) is 0 Å². The first-order valence-electron chi connectivity index (χ1n) is 20.1. The van der Waals surface area contributed by atoms with Crippen LogP contribution in [0.2, 0.25) is 0 Å². The summed E-state index contributed by atoms with van der Waals surface area (Å²) in [6.07, 6.45) is 0. The minimum atomic E-state index is -4.82. The Morgan fingerprint density at radius 3 is 1.57 bits per heavy atom. The van der Waals surface area contributed by atoms with Crippen LogP contribution >= 0.6 is 0 Å². The number of fused-ring (bicyclic) bond motifs is 20. The van der Waals surface area contributed by atoms with Crippen molar-refractivity contribution in [2.75, 3.05) is 52.6 Å². The number of hydrogen-bond acceptors (Lipinski definition) is 19. The number of nitrogens with two attached hydrogens (primary N) is 4. The molecule has 2 aliphatic rings. The number of benzene rings is 4. The second-order valence-corrected chi connectivity index (χ2v) is 17.0. The van der Waals surface area contributed by atoms with Gasteiger partial charge in [-0.3, -0.25) is 4.98 Å².